The van der Waals surface area contributed by atoms with Crippen LogP contribution in [0.25, 0.3) is 22.4 Å². The second kappa shape index (κ2) is 9.00. The van der Waals surface area contributed by atoms with Crippen molar-refractivity contribution in [1.82, 2.24) is 10.2 Å². The Morgan fingerprint density at radius 1 is 0.931 bits per heavy atom. The van der Waals surface area contributed by atoms with Gasteiger partial charge in [-0.1, -0.05) is 81.4 Å². The summed E-state index contributed by atoms with van der Waals surface area (Å²) in [6.45, 7) is 7.02. The molecular formula is C23H23N2O3Si. The number of benzene rings is 2. The fourth-order valence-corrected chi connectivity index (χ4v) is 3.09. The lowest BCUT2D eigenvalue weighted by Crippen LogP contribution is -2.18. The molecule has 5 nitrogen and oxygen atoms in total. The lowest BCUT2D eigenvalue weighted by atomic mass is 9.85. The van der Waals surface area contributed by atoms with Crippen LogP contribution in [0.5, 0.6) is 5.75 Å². The van der Waals surface area contributed by atoms with Crippen LogP contribution in [0.1, 0.15) is 32.9 Å². The molecule has 1 aliphatic heterocycles. The van der Waals surface area contributed by atoms with E-state index in [0.29, 0.717) is 18.8 Å². The summed E-state index contributed by atoms with van der Waals surface area (Å²) >= 11 is 0. The second-order valence-electron chi connectivity index (χ2n) is 7.66. The minimum atomic E-state index is -0.160. The lowest BCUT2D eigenvalue weighted by molar-refractivity contribution is -0.157. The van der Waals surface area contributed by atoms with E-state index in [-0.39, 0.29) is 11.4 Å². The number of carbonyl (C=O) groups excluding carboxylic acids is 1. The van der Waals surface area contributed by atoms with Crippen LogP contribution in [0, 0.1) is 0 Å². The van der Waals surface area contributed by atoms with Crippen molar-refractivity contribution >= 4 is 16.5 Å². The van der Waals surface area contributed by atoms with E-state index in [1.807, 2.05) is 48.5 Å². The van der Waals surface area contributed by atoms with Gasteiger partial charge in [-0.2, -0.15) is 5.10 Å². The molecule has 2 heterocycles. The van der Waals surface area contributed by atoms with Gasteiger partial charge in [-0.05, 0) is 5.56 Å². The first kappa shape index (κ1) is 20.7. The van der Waals surface area contributed by atoms with E-state index in [4.69, 9.17) is 4.43 Å². The average Bonchev–Trinajstić information content (AvgIpc) is 2.72. The Kier molecular flexibility index (Phi) is 6.44. The molecule has 29 heavy (non-hydrogen) atoms. The first-order valence-electron chi connectivity index (χ1n) is 9.43. The van der Waals surface area contributed by atoms with Crippen molar-refractivity contribution in [2.45, 2.75) is 32.6 Å². The Labute approximate surface area is 174 Å². The van der Waals surface area contributed by atoms with Gasteiger partial charge in [0.05, 0.1) is 12.1 Å². The lowest BCUT2D eigenvalue weighted by Gasteiger charge is -2.24. The maximum atomic E-state index is 9.68. The predicted octanol–water partition coefficient (Wildman–Crippen LogP) is 4.50. The largest absolute Gasteiger partial charge is 0.538 e. The summed E-state index contributed by atoms with van der Waals surface area (Å²) in [5.41, 5.74) is 4.46. The van der Waals surface area contributed by atoms with Crippen LogP contribution < -0.4 is 4.43 Å². The Bertz CT molecular complexity index is 965. The number of nitrogens with zero attached hydrogens (tertiary/aromatic N) is 2. The van der Waals surface area contributed by atoms with Crippen LogP contribution in [-0.2, 0) is 14.9 Å². The van der Waals surface area contributed by atoms with Gasteiger partial charge < -0.3 is 9.16 Å². The summed E-state index contributed by atoms with van der Waals surface area (Å²) in [5, 5.41) is 9.03. The topological polar surface area (TPSA) is 61.3 Å². The first-order chi connectivity index (χ1) is 13.9. The van der Waals surface area contributed by atoms with Gasteiger partial charge in [0, 0.05) is 16.5 Å². The van der Waals surface area contributed by atoms with Crippen molar-refractivity contribution in [3.63, 3.8) is 0 Å². The molecule has 6 heteroatoms. The van der Waals surface area contributed by atoms with Crippen LogP contribution in [0.15, 0.2) is 60.7 Å². The molecule has 0 aliphatic carbocycles. The fourth-order valence-electron chi connectivity index (χ4n) is 2.89. The SMILES string of the molecule is CC(C)(C)c1nnc(-c2ccccc2)c(O[Si])c1-c1ccccc1.O=C1CCO1. The zero-order valence-corrected chi connectivity index (χ0v) is 17.8. The maximum absolute atomic E-state index is 9.68. The highest BCUT2D eigenvalue weighted by molar-refractivity contribution is 6.02. The molecule has 1 saturated heterocycles. The minimum absolute atomic E-state index is 0.0648. The molecule has 0 spiro atoms. The van der Waals surface area contributed by atoms with Crippen molar-refractivity contribution < 1.29 is 14.0 Å². The monoisotopic (exact) mass is 403 g/mol. The molecule has 0 bridgehead atoms. The molecule has 0 N–H and O–H groups in total. The van der Waals surface area contributed by atoms with E-state index in [9.17, 15) is 4.79 Å². The summed E-state index contributed by atoms with van der Waals surface area (Å²) in [4.78, 5) is 9.68. The number of cyclic esters (lactones) is 1. The highest BCUT2D eigenvalue weighted by atomic mass is 28.2. The van der Waals surface area contributed by atoms with Crippen molar-refractivity contribution in [2.24, 2.45) is 0 Å². The number of hydrogen-bond acceptors (Lipinski definition) is 5. The molecular weight excluding hydrogens is 380 g/mol. The number of hydrogen-bond donors (Lipinski definition) is 0. The van der Waals surface area contributed by atoms with Crippen molar-refractivity contribution in [1.29, 1.82) is 0 Å². The minimum Gasteiger partial charge on any atom is -0.538 e. The standard InChI is InChI=1S/C20H19N2OSi.C3H4O2/c1-20(2,3)19-16(14-10-6-4-7-11-14)18(23-24)17(21-22-19)15-12-8-5-9-13-15;4-3-1-2-5-3/h4-13H,1-3H3;1-2H2. The van der Waals surface area contributed by atoms with E-state index >= 15 is 0 Å². The maximum Gasteiger partial charge on any atom is 0.341 e. The van der Waals surface area contributed by atoms with Gasteiger partial charge in [0.1, 0.15) is 18.1 Å². The number of rotatable bonds is 3. The second-order valence-corrected chi connectivity index (χ2v) is 7.86. The number of ether oxygens (including phenoxy) is 1. The van der Waals surface area contributed by atoms with Crippen LogP contribution >= 0.6 is 0 Å². The van der Waals surface area contributed by atoms with Gasteiger partial charge in [-0.15, -0.1) is 5.10 Å². The molecule has 147 valence electrons. The van der Waals surface area contributed by atoms with Crippen molar-refractivity contribution in [2.75, 3.05) is 6.61 Å². The predicted molar refractivity (Wildman–Crippen MR) is 114 cm³/mol. The summed E-state index contributed by atoms with van der Waals surface area (Å²) in [6.07, 6.45) is 0.625. The van der Waals surface area contributed by atoms with E-state index in [1.165, 1.54) is 0 Å². The third-order valence-corrected chi connectivity index (χ3v) is 4.62. The zero-order valence-electron chi connectivity index (χ0n) is 16.8. The molecule has 3 radical (unpaired) electrons. The summed E-state index contributed by atoms with van der Waals surface area (Å²) < 4.78 is 9.92. The smallest absolute Gasteiger partial charge is 0.341 e. The molecule has 0 atom stereocenters. The Hall–Kier alpha value is -2.99. The van der Waals surface area contributed by atoms with Gasteiger partial charge in [-0.25, -0.2) is 0 Å². The van der Waals surface area contributed by atoms with Crippen molar-refractivity contribution in [3.8, 4) is 28.1 Å². The average molecular weight is 404 g/mol. The van der Waals surface area contributed by atoms with E-state index in [2.05, 4.69) is 58.3 Å². The van der Waals surface area contributed by atoms with Crippen LogP contribution in [0.4, 0.5) is 0 Å². The van der Waals surface area contributed by atoms with Gasteiger partial charge in [-0.3, -0.25) is 4.79 Å². The quantitative estimate of drug-likeness (QED) is 0.476. The van der Waals surface area contributed by atoms with E-state index in [0.717, 1.165) is 28.1 Å². The normalized spacial score (nSPS) is 12.9. The third kappa shape index (κ3) is 4.89. The van der Waals surface area contributed by atoms with Gasteiger partial charge >= 0.3 is 16.5 Å². The van der Waals surface area contributed by atoms with Crippen LogP contribution in [0.3, 0.4) is 0 Å². The Morgan fingerprint density at radius 3 is 1.86 bits per heavy atom. The molecule has 1 aromatic heterocycles. The molecule has 2 aromatic carbocycles. The number of esters is 1. The van der Waals surface area contributed by atoms with E-state index in [1.54, 1.807) is 0 Å². The Balaban J connectivity index is 0.000000419. The highest BCUT2D eigenvalue weighted by Gasteiger charge is 2.27. The van der Waals surface area contributed by atoms with Crippen LogP contribution in [0.2, 0.25) is 0 Å². The fraction of sp³-hybridized carbons (Fsp3) is 0.261. The summed E-state index contributed by atoms with van der Waals surface area (Å²) in [6, 6.07) is 20.1. The molecule has 3 aromatic rings. The van der Waals surface area contributed by atoms with Gasteiger partial charge in [0.15, 0.2) is 0 Å². The summed E-state index contributed by atoms with van der Waals surface area (Å²) in [5.74, 6) is 0.619. The van der Waals surface area contributed by atoms with Gasteiger partial charge in [0.25, 0.3) is 0 Å². The molecule has 4 rings (SSSR count). The zero-order chi connectivity index (χ0) is 20.9. The van der Waals surface area contributed by atoms with E-state index < -0.39 is 0 Å². The molecule has 0 saturated carbocycles. The Morgan fingerprint density at radius 2 is 1.45 bits per heavy atom. The molecule has 0 amide bonds. The van der Waals surface area contributed by atoms with Gasteiger partial charge in [0.2, 0.25) is 0 Å². The first-order valence-corrected chi connectivity index (χ1v) is 9.84. The summed E-state index contributed by atoms with van der Waals surface area (Å²) in [7, 11) is 3.24. The van der Waals surface area contributed by atoms with Crippen LogP contribution in [-0.4, -0.2) is 33.3 Å². The molecule has 0 unspecified atom stereocenters. The third-order valence-electron chi connectivity index (χ3n) is 4.42. The number of carbonyl (C=O) groups is 1. The molecule has 1 aliphatic rings. The molecule has 1 fully saturated rings. The van der Waals surface area contributed by atoms with Crippen molar-refractivity contribution in [3.05, 3.63) is 66.4 Å². The number of aromatic nitrogens is 2. The highest BCUT2D eigenvalue weighted by Crippen LogP contribution is 2.42.